The minimum atomic E-state index is -1.07. The quantitative estimate of drug-likeness (QED) is 0.221. The van der Waals surface area contributed by atoms with Crippen LogP contribution in [0.25, 0.3) is 0 Å². The maximum atomic E-state index is 13.6. The molecule has 0 fully saturated rings. The van der Waals surface area contributed by atoms with Crippen LogP contribution >= 0.6 is 39.1 Å². The summed E-state index contributed by atoms with van der Waals surface area (Å²) in [6, 6.07) is 13.9. The molecule has 0 saturated carbocycles. The highest BCUT2D eigenvalue weighted by molar-refractivity contribution is 9.10. The van der Waals surface area contributed by atoms with Crippen LogP contribution in [0.2, 0.25) is 10.0 Å². The Labute approximate surface area is 213 Å². The van der Waals surface area contributed by atoms with Gasteiger partial charge in [0.25, 0.3) is 0 Å². The number of nitrogens with one attached hydrogen (secondary N) is 2. The molecule has 7 nitrogen and oxygen atoms in total. The van der Waals surface area contributed by atoms with Gasteiger partial charge in [-0.05, 0) is 57.9 Å². The van der Waals surface area contributed by atoms with Crippen molar-refractivity contribution in [3.63, 3.8) is 0 Å². The number of ether oxygens (including phenoxy) is 2. The first kappa shape index (κ1) is 25.5. The summed E-state index contributed by atoms with van der Waals surface area (Å²) in [5, 5.41) is 6.87. The number of methoxy groups -OCH3 is 1. The molecule has 0 bridgehead atoms. The molecule has 0 spiro atoms. The summed E-state index contributed by atoms with van der Waals surface area (Å²) in [5.41, 5.74) is 3.12. The third-order valence-electron chi connectivity index (χ3n) is 4.38. The summed E-state index contributed by atoms with van der Waals surface area (Å²) in [6.07, 6.45) is 1.30. The molecule has 3 aromatic rings. The van der Waals surface area contributed by atoms with Crippen molar-refractivity contribution in [3.8, 4) is 11.5 Å². The molecule has 0 aromatic heterocycles. The van der Waals surface area contributed by atoms with Crippen molar-refractivity contribution in [3.05, 3.63) is 86.1 Å². The molecule has 0 aliphatic heterocycles. The summed E-state index contributed by atoms with van der Waals surface area (Å²) >= 11 is 15.8. The van der Waals surface area contributed by atoms with Crippen molar-refractivity contribution in [1.29, 1.82) is 0 Å². The highest BCUT2D eigenvalue weighted by atomic mass is 79.9. The zero-order valence-corrected chi connectivity index (χ0v) is 20.7. The molecule has 0 heterocycles. The van der Waals surface area contributed by atoms with Crippen molar-refractivity contribution in [2.45, 2.75) is 6.61 Å². The fourth-order valence-corrected chi connectivity index (χ4v) is 3.81. The number of hydrogen-bond donors (Lipinski definition) is 2. The smallest absolute Gasteiger partial charge is 0.329 e. The van der Waals surface area contributed by atoms with E-state index in [2.05, 4.69) is 31.8 Å². The van der Waals surface area contributed by atoms with Gasteiger partial charge in [-0.3, -0.25) is 9.59 Å². The van der Waals surface area contributed by atoms with Gasteiger partial charge in [0.15, 0.2) is 11.5 Å². The molecule has 0 radical (unpaired) electrons. The highest BCUT2D eigenvalue weighted by Crippen LogP contribution is 2.37. The maximum absolute atomic E-state index is 13.6. The molecule has 2 N–H and O–H groups in total. The number of carbonyl (C=O) groups is 2. The Balaban J connectivity index is 1.66. The Morgan fingerprint density at radius 1 is 1.09 bits per heavy atom. The third-order valence-corrected chi connectivity index (χ3v) is 5.68. The average molecular weight is 569 g/mol. The van der Waals surface area contributed by atoms with E-state index in [0.717, 1.165) is 6.07 Å². The molecular formula is C23H17BrCl2FN3O4. The SMILES string of the molecule is COc1cc(/C=N/NC(=O)C(=O)Nc2ccccc2F)cc(Br)c1OCc1c(Cl)cccc1Cl. The summed E-state index contributed by atoms with van der Waals surface area (Å²) < 4.78 is 25.4. The summed E-state index contributed by atoms with van der Waals surface area (Å²) in [6.45, 7) is 0.105. The Morgan fingerprint density at radius 3 is 2.47 bits per heavy atom. The van der Waals surface area contributed by atoms with E-state index in [-0.39, 0.29) is 12.3 Å². The van der Waals surface area contributed by atoms with Crippen LogP contribution in [0, 0.1) is 5.82 Å². The number of amides is 2. The highest BCUT2D eigenvalue weighted by Gasteiger charge is 2.16. The Hall–Kier alpha value is -3.14. The van der Waals surface area contributed by atoms with Crippen LogP contribution in [0.1, 0.15) is 11.1 Å². The fourth-order valence-electron chi connectivity index (χ4n) is 2.73. The van der Waals surface area contributed by atoms with Crippen LogP contribution in [-0.2, 0) is 16.2 Å². The molecule has 0 atom stereocenters. The standard InChI is InChI=1S/C23H17BrCl2FN3O4/c1-33-20-10-13(9-15(24)21(20)34-12-14-16(25)5-4-6-17(14)26)11-28-30-23(32)22(31)29-19-8-3-2-7-18(19)27/h2-11H,12H2,1H3,(H,29,31)(H,30,32)/b28-11+. The van der Waals surface area contributed by atoms with Crippen molar-refractivity contribution in [2.75, 3.05) is 12.4 Å². The second kappa shape index (κ2) is 11.8. The lowest BCUT2D eigenvalue weighted by molar-refractivity contribution is -0.136. The van der Waals surface area contributed by atoms with Crippen LogP contribution in [-0.4, -0.2) is 25.1 Å². The molecular weight excluding hydrogens is 552 g/mol. The molecule has 11 heteroatoms. The van der Waals surface area contributed by atoms with E-state index in [4.69, 9.17) is 32.7 Å². The number of anilines is 1. The first-order valence-electron chi connectivity index (χ1n) is 9.62. The molecule has 0 saturated heterocycles. The van der Waals surface area contributed by atoms with Gasteiger partial charge in [-0.1, -0.05) is 41.4 Å². The van der Waals surface area contributed by atoms with E-state index in [1.54, 1.807) is 30.3 Å². The third kappa shape index (κ3) is 6.47. The van der Waals surface area contributed by atoms with Crippen molar-refractivity contribution >= 4 is 62.8 Å². The molecule has 176 valence electrons. The number of nitrogens with zero attached hydrogens (tertiary/aromatic N) is 1. The van der Waals surface area contributed by atoms with Crippen LogP contribution in [0.15, 0.2) is 64.2 Å². The minimum Gasteiger partial charge on any atom is -0.493 e. The molecule has 34 heavy (non-hydrogen) atoms. The molecule has 0 aliphatic rings. The normalized spacial score (nSPS) is 10.7. The van der Waals surface area contributed by atoms with E-state index in [1.165, 1.54) is 31.5 Å². The van der Waals surface area contributed by atoms with Crippen molar-refractivity contribution < 1.29 is 23.5 Å². The van der Waals surface area contributed by atoms with Crippen LogP contribution in [0.3, 0.4) is 0 Å². The van der Waals surface area contributed by atoms with E-state index in [9.17, 15) is 14.0 Å². The largest absolute Gasteiger partial charge is 0.493 e. The zero-order valence-electron chi connectivity index (χ0n) is 17.6. The number of halogens is 4. The van der Waals surface area contributed by atoms with Gasteiger partial charge in [0.2, 0.25) is 0 Å². The van der Waals surface area contributed by atoms with E-state index < -0.39 is 17.6 Å². The van der Waals surface area contributed by atoms with Crippen LogP contribution < -0.4 is 20.2 Å². The maximum Gasteiger partial charge on any atom is 0.329 e. The Morgan fingerprint density at radius 2 is 1.79 bits per heavy atom. The lowest BCUT2D eigenvalue weighted by atomic mass is 10.2. The fraction of sp³-hybridized carbons (Fsp3) is 0.0870. The lowest BCUT2D eigenvalue weighted by Gasteiger charge is -2.14. The lowest BCUT2D eigenvalue weighted by Crippen LogP contribution is -2.32. The number of benzene rings is 3. The summed E-state index contributed by atoms with van der Waals surface area (Å²) in [5.74, 6) is -2.01. The first-order valence-corrected chi connectivity index (χ1v) is 11.2. The van der Waals surface area contributed by atoms with Gasteiger partial charge >= 0.3 is 11.8 Å². The van der Waals surface area contributed by atoms with E-state index >= 15 is 0 Å². The van der Waals surface area contributed by atoms with Gasteiger partial charge in [0, 0.05) is 15.6 Å². The van der Waals surface area contributed by atoms with Gasteiger partial charge in [0.1, 0.15) is 12.4 Å². The number of carbonyl (C=O) groups excluding carboxylic acids is 2. The second-order valence-electron chi connectivity index (χ2n) is 6.66. The topological polar surface area (TPSA) is 89.0 Å². The summed E-state index contributed by atoms with van der Waals surface area (Å²) in [4.78, 5) is 23.8. The predicted molar refractivity (Wildman–Crippen MR) is 132 cm³/mol. The second-order valence-corrected chi connectivity index (χ2v) is 8.32. The van der Waals surface area contributed by atoms with Crippen molar-refractivity contribution in [2.24, 2.45) is 5.10 Å². The first-order chi connectivity index (χ1) is 16.3. The monoisotopic (exact) mass is 567 g/mol. The van der Waals surface area contributed by atoms with Gasteiger partial charge in [-0.15, -0.1) is 0 Å². The van der Waals surface area contributed by atoms with Crippen LogP contribution in [0.4, 0.5) is 10.1 Å². The molecule has 2 amide bonds. The Kier molecular flexibility index (Phi) is 8.86. The molecule has 0 aliphatic carbocycles. The van der Waals surface area contributed by atoms with Crippen LogP contribution in [0.5, 0.6) is 11.5 Å². The van der Waals surface area contributed by atoms with Gasteiger partial charge in [-0.25, -0.2) is 9.82 Å². The molecule has 3 rings (SSSR count). The van der Waals surface area contributed by atoms with Gasteiger partial charge < -0.3 is 14.8 Å². The van der Waals surface area contributed by atoms with Crippen molar-refractivity contribution in [1.82, 2.24) is 5.43 Å². The van der Waals surface area contributed by atoms with Gasteiger partial charge in [0.05, 0.1) is 23.5 Å². The average Bonchev–Trinajstić information content (AvgIpc) is 2.80. The Bertz CT molecular complexity index is 1240. The molecule has 3 aromatic carbocycles. The number of hydrogen-bond acceptors (Lipinski definition) is 5. The van der Waals surface area contributed by atoms with Gasteiger partial charge in [-0.2, -0.15) is 5.10 Å². The number of hydrazone groups is 1. The minimum absolute atomic E-state index is 0.105. The number of para-hydroxylation sites is 1. The number of rotatable bonds is 7. The zero-order chi connectivity index (χ0) is 24.7. The van der Waals surface area contributed by atoms with E-state index in [1.807, 2.05) is 0 Å². The van der Waals surface area contributed by atoms with E-state index in [0.29, 0.717) is 37.1 Å². The predicted octanol–water partition coefficient (Wildman–Crippen LogP) is 5.57. The molecule has 0 unspecified atom stereocenters. The summed E-state index contributed by atoms with van der Waals surface area (Å²) in [7, 11) is 1.47.